The van der Waals surface area contributed by atoms with Crippen LogP contribution in [0, 0.1) is 0 Å². The fraction of sp³-hybridized carbons (Fsp3) is 0. The van der Waals surface area contributed by atoms with Crippen LogP contribution in [0.1, 0.15) is 5.56 Å². The van der Waals surface area contributed by atoms with Crippen molar-refractivity contribution < 1.29 is 4.79 Å². The average Bonchev–Trinajstić information content (AvgIpc) is 2.34. The molecule has 6 nitrogen and oxygen atoms in total. The number of amides is 1. The highest BCUT2D eigenvalue weighted by Crippen LogP contribution is 2.08. The van der Waals surface area contributed by atoms with Gasteiger partial charge in [0.2, 0.25) is 0 Å². The van der Waals surface area contributed by atoms with Gasteiger partial charge in [0.1, 0.15) is 5.70 Å². The number of hydrogen-bond acceptors (Lipinski definition) is 4. The number of hydrogen-bond donors (Lipinski definition) is 1. The molecule has 1 N–H and O–H groups in total. The summed E-state index contributed by atoms with van der Waals surface area (Å²) >= 11 is 5.81. The summed E-state index contributed by atoms with van der Waals surface area (Å²) < 4.78 is 0. The molecule has 1 aliphatic rings. The fourth-order valence-electron chi connectivity index (χ4n) is 1.13. The zero-order valence-corrected chi connectivity index (χ0v) is 9.92. The maximum Gasteiger partial charge on any atom is 0.277 e. The molecular weight excluding hydrogens is 254 g/mol. The van der Waals surface area contributed by atoms with E-state index in [0.29, 0.717) is 5.02 Å². The predicted octanol–water partition coefficient (Wildman–Crippen LogP) is 2.13. The monoisotopic (exact) mass is 261 g/mol. The van der Waals surface area contributed by atoms with Gasteiger partial charge in [-0.05, 0) is 17.7 Å². The van der Waals surface area contributed by atoms with Crippen molar-refractivity contribution in [1.82, 2.24) is 5.32 Å². The lowest BCUT2D eigenvalue weighted by Gasteiger charge is -2.05. The molecule has 0 unspecified atom stereocenters. The van der Waals surface area contributed by atoms with Crippen molar-refractivity contribution in [3.63, 3.8) is 0 Å². The topological polar surface area (TPSA) is 78.5 Å². The maximum absolute atomic E-state index is 11.2. The summed E-state index contributed by atoms with van der Waals surface area (Å²) in [5.74, 6) is -0.424. The van der Waals surface area contributed by atoms with Gasteiger partial charge >= 0.3 is 0 Å². The van der Waals surface area contributed by atoms with Crippen molar-refractivity contribution in [1.29, 1.82) is 0 Å². The Kier molecular flexibility index (Phi) is 3.59. The summed E-state index contributed by atoms with van der Waals surface area (Å²) in [5.41, 5.74) is 0.822. The minimum Gasteiger partial charge on any atom is -0.286 e. The van der Waals surface area contributed by atoms with Gasteiger partial charge in [0.25, 0.3) is 11.9 Å². The van der Waals surface area contributed by atoms with Crippen LogP contribution in [0.2, 0.25) is 5.02 Å². The Morgan fingerprint density at radius 2 is 2.22 bits per heavy atom. The first-order valence-corrected chi connectivity index (χ1v) is 5.31. The van der Waals surface area contributed by atoms with Crippen LogP contribution in [0.4, 0.5) is 0 Å². The third kappa shape index (κ3) is 3.08. The number of halogens is 1. The first-order valence-electron chi connectivity index (χ1n) is 4.94. The standard InChI is InChI=1S/C11H8ClN5O/c1-7-10(18)14-11(17-15-7)16-13-6-8-3-2-4-9(12)5-8/h2-6H,1H2,(H,14,16,18)/b13-6+. The zero-order chi connectivity index (χ0) is 13.0. The van der Waals surface area contributed by atoms with Crippen LogP contribution in [-0.4, -0.2) is 18.1 Å². The highest BCUT2D eigenvalue weighted by molar-refractivity contribution is 6.30. The molecule has 1 amide bonds. The Morgan fingerprint density at radius 3 is 2.94 bits per heavy atom. The first-order chi connectivity index (χ1) is 8.65. The van der Waals surface area contributed by atoms with E-state index in [-0.39, 0.29) is 11.7 Å². The molecule has 0 saturated carbocycles. The first kappa shape index (κ1) is 12.1. The fourth-order valence-corrected chi connectivity index (χ4v) is 1.33. The van der Waals surface area contributed by atoms with Crippen molar-refractivity contribution in [3.05, 3.63) is 47.1 Å². The number of carbonyl (C=O) groups excluding carboxylic acids is 1. The Hall–Kier alpha value is -2.34. The summed E-state index contributed by atoms with van der Waals surface area (Å²) in [6.07, 6.45) is 1.49. The molecule has 2 rings (SSSR count). The second kappa shape index (κ2) is 5.33. The van der Waals surface area contributed by atoms with E-state index in [9.17, 15) is 4.79 Å². The molecule has 1 aromatic rings. The number of rotatable bonds is 2. The van der Waals surface area contributed by atoms with Crippen molar-refractivity contribution in [2.45, 2.75) is 0 Å². The molecule has 18 heavy (non-hydrogen) atoms. The molecule has 1 aliphatic heterocycles. The molecule has 90 valence electrons. The predicted molar refractivity (Wildman–Crippen MR) is 68.6 cm³/mol. The van der Waals surface area contributed by atoms with Crippen LogP contribution in [0.25, 0.3) is 0 Å². The average molecular weight is 262 g/mol. The summed E-state index contributed by atoms with van der Waals surface area (Å²) in [6.45, 7) is 3.39. The largest absolute Gasteiger partial charge is 0.286 e. The second-order valence-corrected chi connectivity index (χ2v) is 3.76. The number of nitrogens with one attached hydrogen (secondary N) is 1. The SMILES string of the molecule is C=C1N=N/C(=N\N=C\c2cccc(Cl)c2)NC1=O. The van der Waals surface area contributed by atoms with Gasteiger partial charge in [-0.2, -0.15) is 5.10 Å². The van der Waals surface area contributed by atoms with E-state index in [1.54, 1.807) is 18.2 Å². The van der Waals surface area contributed by atoms with Crippen LogP contribution >= 0.6 is 11.6 Å². The van der Waals surface area contributed by atoms with Crippen molar-refractivity contribution in [2.75, 3.05) is 0 Å². The van der Waals surface area contributed by atoms with Crippen LogP contribution in [0.5, 0.6) is 0 Å². The van der Waals surface area contributed by atoms with Crippen LogP contribution in [0.3, 0.4) is 0 Å². The number of benzene rings is 1. The van der Waals surface area contributed by atoms with Gasteiger partial charge in [-0.1, -0.05) is 30.3 Å². The normalized spacial score (nSPS) is 17.5. The number of azo groups is 1. The minimum atomic E-state index is -0.443. The van der Waals surface area contributed by atoms with E-state index in [0.717, 1.165) is 5.56 Å². The van der Waals surface area contributed by atoms with Gasteiger partial charge in [0.05, 0.1) is 6.21 Å². The third-order valence-corrected chi connectivity index (χ3v) is 2.20. The summed E-state index contributed by atoms with van der Waals surface area (Å²) in [6, 6.07) is 7.10. The lowest BCUT2D eigenvalue weighted by atomic mass is 10.2. The second-order valence-electron chi connectivity index (χ2n) is 3.32. The Bertz CT molecular complexity index is 591. The van der Waals surface area contributed by atoms with Gasteiger partial charge in [-0.25, -0.2) is 0 Å². The lowest BCUT2D eigenvalue weighted by Crippen LogP contribution is -2.32. The molecule has 0 aromatic heterocycles. The van der Waals surface area contributed by atoms with Crippen molar-refractivity contribution in [3.8, 4) is 0 Å². The summed E-state index contributed by atoms with van der Waals surface area (Å²) in [7, 11) is 0. The number of nitrogens with zero attached hydrogens (tertiary/aromatic N) is 4. The lowest BCUT2D eigenvalue weighted by molar-refractivity contribution is -0.116. The smallest absolute Gasteiger partial charge is 0.277 e. The van der Waals surface area contributed by atoms with Crippen LogP contribution in [-0.2, 0) is 4.79 Å². The molecule has 0 radical (unpaired) electrons. The molecule has 1 aromatic carbocycles. The molecule has 0 bridgehead atoms. The Morgan fingerprint density at radius 1 is 1.39 bits per heavy atom. The van der Waals surface area contributed by atoms with Crippen LogP contribution < -0.4 is 5.32 Å². The Labute approximate surface area is 108 Å². The maximum atomic E-state index is 11.2. The highest BCUT2D eigenvalue weighted by atomic mass is 35.5. The van der Waals surface area contributed by atoms with E-state index in [1.807, 2.05) is 6.07 Å². The summed E-state index contributed by atoms with van der Waals surface area (Å²) in [4.78, 5) is 11.2. The van der Waals surface area contributed by atoms with E-state index >= 15 is 0 Å². The van der Waals surface area contributed by atoms with Crippen LogP contribution in [0.15, 0.2) is 57.0 Å². The van der Waals surface area contributed by atoms with Crippen molar-refractivity contribution in [2.24, 2.45) is 20.4 Å². The summed E-state index contributed by atoms with van der Waals surface area (Å²) in [5, 5.41) is 17.6. The van der Waals surface area contributed by atoms with Gasteiger partial charge < -0.3 is 0 Å². The molecule has 0 saturated heterocycles. The van der Waals surface area contributed by atoms with Gasteiger partial charge in [-0.15, -0.1) is 15.3 Å². The molecule has 0 atom stereocenters. The van der Waals surface area contributed by atoms with E-state index in [1.165, 1.54) is 6.21 Å². The zero-order valence-electron chi connectivity index (χ0n) is 9.17. The molecule has 0 fully saturated rings. The van der Waals surface area contributed by atoms with Gasteiger partial charge in [0.15, 0.2) is 0 Å². The van der Waals surface area contributed by atoms with Gasteiger partial charge in [0, 0.05) is 5.02 Å². The quantitative estimate of drug-likeness (QED) is 0.494. The minimum absolute atomic E-state index is 0.0191. The molecule has 0 aliphatic carbocycles. The molecule has 7 heteroatoms. The Balaban J connectivity index is 2.09. The number of guanidine groups is 1. The van der Waals surface area contributed by atoms with E-state index in [2.05, 4.69) is 32.3 Å². The molecular formula is C11H8ClN5O. The van der Waals surface area contributed by atoms with E-state index < -0.39 is 5.91 Å². The van der Waals surface area contributed by atoms with Gasteiger partial charge in [-0.3, -0.25) is 10.1 Å². The number of carbonyl (C=O) groups is 1. The molecule has 0 spiro atoms. The highest BCUT2D eigenvalue weighted by Gasteiger charge is 2.14. The van der Waals surface area contributed by atoms with Crippen molar-refractivity contribution >= 4 is 29.7 Å². The van der Waals surface area contributed by atoms with E-state index in [4.69, 9.17) is 11.6 Å². The third-order valence-electron chi connectivity index (χ3n) is 1.96. The molecule has 1 heterocycles.